The molecule has 0 aliphatic heterocycles. The minimum Gasteiger partial charge on any atom is -0.378 e. The van der Waals surface area contributed by atoms with Gasteiger partial charge in [0.25, 0.3) is 0 Å². The Bertz CT molecular complexity index is 1370. The minimum absolute atomic E-state index is 0.254. The summed E-state index contributed by atoms with van der Waals surface area (Å²) in [5.41, 5.74) is 3.27. The monoisotopic (exact) mass is 438 g/mol. The van der Waals surface area contributed by atoms with Gasteiger partial charge in [0, 0.05) is 37.2 Å². The third-order valence-corrected chi connectivity index (χ3v) is 5.33. The van der Waals surface area contributed by atoms with Crippen LogP contribution in [-0.4, -0.2) is 28.4 Å². The molecule has 2 aromatic heterocycles. The van der Waals surface area contributed by atoms with Gasteiger partial charge in [-0.05, 0) is 48.0 Å². The number of para-hydroxylation sites is 1. The zero-order valence-electron chi connectivity index (χ0n) is 17.6. The maximum Gasteiger partial charge on any atom is 0.159 e. The molecule has 0 radical (unpaired) electrons. The second-order valence-corrected chi connectivity index (χ2v) is 7.67. The van der Waals surface area contributed by atoms with Gasteiger partial charge in [0.15, 0.2) is 5.82 Å². The summed E-state index contributed by atoms with van der Waals surface area (Å²) >= 11 is 6.47. The van der Waals surface area contributed by atoms with Gasteiger partial charge in [0.05, 0.1) is 11.3 Å². The first-order valence-electron chi connectivity index (χ1n) is 9.84. The Morgan fingerprint density at radius 2 is 1.75 bits per heavy atom. The number of allylic oxidation sites excluding steroid dienone is 1. The zero-order chi connectivity index (χ0) is 22.7. The Morgan fingerprint density at radius 3 is 2.34 bits per heavy atom. The molecule has 0 N–H and O–H groups in total. The topological polar surface area (TPSA) is 73.6 Å². The Labute approximate surface area is 191 Å². The highest BCUT2D eigenvalue weighted by molar-refractivity contribution is 6.32. The Morgan fingerprint density at radius 1 is 1.03 bits per heavy atom. The van der Waals surface area contributed by atoms with Crippen LogP contribution in [0.1, 0.15) is 16.8 Å². The molecule has 0 unspecified atom stereocenters. The van der Waals surface area contributed by atoms with Crippen molar-refractivity contribution in [1.29, 1.82) is 10.5 Å². The van der Waals surface area contributed by atoms with Crippen molar-refractivity contribution in [2.24, 2.45) is 0 Å². The van der Waals surface area contributed by atoms with Crippen LogP contribution in [0, 0.1) is 22.7 Å². The lowest BCUT2D eigenvalue weighted by Gasteiger charge is -2.13. The van der Waals surface area contributed by atoms with Crippen molar-refractivity contribution in [1.82, 2.24) is 14.3 Å². The molecular formula is C25H19ClN6. The fraction of sp³-hybridized carbons (Fsp3) is 0.0800. The predicted octanol–water partition coefficient (Wildman–Crippen LogP) is 5.32. The second-order valence-electron chi connectivity index (χ2n) is 7.27. The van der Waals surface area contributed by atoms with E-state index >= 15 is 0 Å². The molecule has 0 fully saturated rings. The van der Waals surface area contributed by atoms with Crippen molar-refractivity contribution < 1.29 is 0 Å². The van der Waals surface area contributed by atoms with Gasteiger partial charge in [-0.2, -0.15) is 15.6 Å². The van der Waals surface area contributed by atoms with E-state index in [1.165, 1.54) is 0 Å². The summed E-state index contributed by atoms with van der Waals surface area (Å²) in [7, 11) is 3.86. The van der Waals surface area contributed by atoms with Crippen LogP contribution in [0.15, 0.2) is 73.1 Å². The first-order chi connectivity index (χ1) is 15.5. The quantitative estimate of drug-likeness (QED) is 0.395. The number of benzene rings is 2. The van der Waals surface area contributed by atoms with Gasteiger partial charge in [-0.25, -0.2) is 4.68 Å². The van der Waals surface area contributed by atoms with Crippen LogP contribution in [0.3, 0.4) is 0 Å². The highest BCUT2D eigenvalue weighted by Crippen LogP contribution is 2.30. The van der Waals surface area contributed by atoms with Crippen LogP contribution in [0.5, 0.6) is 0 Å². The van der Waals surface area contributed by atoms with E-state index in [0.717, 1.165) is 11.4 Å². The van der Waals surface area contributed by atoms with E-state index in [2.05, 4.69) is 17.2 Å². The summed E-state index contributed by atoms with van der Waals surface area (Å²) in [6.07, 6.45) is 5.35. The second kappa shape index (κ2) is 8.85. The first-order valence-corrected chi connectivity index (χ1v) is 10.2. The molecule has 4 aromatic rings. The fourth-order valence-corrected chi connectivity index (χ4v) is 3.61. The molecule has 4 rings (SSSR count). The maximum absolute atomic E-state index is 10.0. The van der Waals surface area contributed by atoms with Crippen LogP contribution in [0.2, 0.25) is 5.02 Å². The molecule has 0 spiro atoms. The van der Waals surface area contributed by atoms with Gasteiger partial charge in [-0.3, -0.25) is 0 Å². The largest absolute Gasteiger partial charge is 0.378 e. The van der Waals surface area contributed by atoms with Gasteiger partial charge in [0.2, 0.25) is 0 Å². The summed E-state index contributed by atoms with van der Waals surface area (Å²) in [5.74, 6) is 0.564. The van der Waals surface area contributed by atoms with E-state index in [-0.39, 0.29) is 5.57 Å². The zero-order valence-corrected chi connectivity index (χ0v) is 18.3. The summed E-state index contributed by atoms with van der Waals surface area (Å²) in [6, 6.07) is 23.3. The van der Waals surface area contributed by atoms with Crippen molar-refractivity contribution >= 4 is 28.9 Å². The van der Waals surface area contributed by atoms with Gasteiger partial charge in [-0.1, -0.05) is 35.9 Å². The molecule has 0 saturated heterocycles. The van der Waals surface area contributed by atoms with Crippen LogP contribution in [-0.2, 0) is 0 Å². The lowest BCUT2D eigenvalue weighted by atomic mass is 10.1. The molecule has 0 saturated carbocycles. The third kappa shape index (κ3) is 3.88. The van der Waals surface area contributed by atoms with Gasteiger partial charge < -0.3 is 9.47 Å². The lowest BCUT2D eigenvalue weighted by molar-refractivity contribution is 0.820. The molecule has 156 valence electrons. The number of hydrogen-bond acceptors (Lipinski definition) is 4. The molecule has 2 aromatic carbocycles. The van der Waals surface area contributed by atoms with E-state index < -0.39 is 0 Å². The molecule has 0 aliphatic carbocycles. The van der Waals surface area contributed by atoms with Crippen molar-refractivity contribution in [2.75, 3.05) is 19.0 Å². The van der Waals surface area contributed by atoms with Crippen molar-refractivity contribution in [3.63, 3.8) is 0 Å². The van der Waals surface area contributed by atoms with E-state index in [9.17, 15) is 10.5 Å². The van der Waals surface area contributed by atoms with E-state index in [4.69, 9.17) is 11.6 Å². The average molecular weight is 439 g/mol. The summed E-state index contributed by atoms with van der Waals surface area (Å²) in [6.45, 7) is 0. The number of nitriles is 2. The number of hydrogen-bond donors (Lipinski definition) is 0. The van der Waals surface area contributed by atoms with Crippen LogP contribution < -0.4 is 4.90 Å². The number of aromatic nitrogens is 3. The molecule has 0 atom stereocenters. The van der Waals surface area contributed by atoms with Crippen molar-refractivity contribution in [3.05, 3.63) is 94.9 Å². The molecule has 0 bridgehead atoms. The van der Waals surface area contributed by atoms with Gasteiger partial charge in [0.1, 0.15) is 23.4 Å². The van der Waals surface area contributed by atoms with Gasteiger partial charge in [-0.15, -0.1) is 0 Å². The highest BCUT2D eigenvalue weighted by Gasteiger charge is 2.23. The van der Waals surface area contributed by atoms with Crippen LogP contribution in [0.25, 0.3) is 23.2 Å². The SMILES string of the molecule is CN(C)c1ccc(C=C(C#N)c2nn(-c3ccccc3)c(-n3cccc3)c2C#N)c(Cl)c1. The Kier molecular flexibility index (Phi) is 5.81. The van der Waals surface area contributed by atoms with Crippen LogP contribution >= 0.6 is 11.6 Å². The van der Waals surface area contributed by atoms with Gasteiger partial charge >= 0.3 is 0 Å². The van der Waals surface area contributed by atoms with E-state index in [0.29, 0.717) is 27.7 Å². The normalized spacial score (nSPS) is 11.1. The molecule has 0 aliphatic rings. The van der Waals surface area contributed by atoms with Crippen molar-refractivity contribution in [3.8, 4) is 23.6 Å². The molecular weight excluding hydrogens is 420 g/mol. The summed E-state index contributed by atoms with van der Waals surface area (Å²) in [4.78, 5) is 1.95. The Hall–Kier alpha value is -4.26. The standard InChI is InChI=1S/C25H19ClN6/c1-30(2)21-11-10-18(23(26)15-21)14-19(16-27)24-22(17-28)25(31-12-6-7-13-31)32(29-24)20-8-4-3-5-9-20/h3-15H,1-2H3. The third-order valence-electron chi connectivity index (χ3n) is 5.00. The smallest absolute Gasteiger partial charge is 0.159 e. The van der Waals surface area contributed by atoms with Crippen molar-refractivity contribution in [2.45, 2.75) is 0 Å². The fourth-order valence-electron chi connectivity index (χ4n) is 3.38. The van der Waals surface area contributed by atoms with Crippen LogP contribution in [0.4, 0.5) is 5.69 Å². The van der Waals surface area contributed by atoms with E-state index in [1.54, 1.807) is 10.8 Å². The van der Waals surface area contributed by atoms with E-state index in [1.807, 2.05) is 96.6 Å². The molecule has 6 nitrogen and oxygen atoms in total. The minimum atomic E-state index is 0.254. The summed E-state index contributed by atoms with van der Waals surface area (Å²) in [5, 5.41) is 25.2. The molecule has 0 amide bonds. The molecule has 7 heteroatoms. The first kappa shape index (κ1) is 21.0. The number of rotatable bonds is 5. The average Bonchev–Trinajstić information content (AvgIpc) is 3.46. The highest BCUT2D eigenvalue weighted by atomic mass is 35.5. The number of anilines is 1. The maximum atomic E-state index is 10.0. The summed E-state index contributed by atoms with van der Waals surface area (Å²) < 4.78 is 3.49. The predicted molar refractivity (Wildman–Crippen MR) is 127 cm³/mol. The number of halogens is 1. The molecule has 32 heavy (non-hydrogen) atoms. The Balaban J connectivity index is 1.92. The lowest BCUT2D eigenvalue weighted by Crippen LogP contribution is -2.08. The number of nitrogens with zero attached hydrogens (tertiary/aromatic N) is 6. The molecule has 2 heterocycles.